The average Bonchev–Trinajstić information content (AvgIpc) is 2.38. The summed E-state index contributed by atoms with van der Waals surface area (Å²) < 4.78 is 1.15. The molecule has 0 aliphatic heterocycles. The molecule has 17 heavy (non-hydrogen) atoms. The summed E-state index contributed by atoms with van der Waals surface area (Å²) in [5, 5.41) is 2.50. The monoisotopic (exact) mass is 338 g/mol. The van der Waals surface area contributed by atoms with Gasteiger partial charge in [0, 0.05) is 5.56 Å². The molecule has 88 valence electrons. The van der Waals surface area contributed by atoms with E-state index in [4.69, 9.17) is 0 Å². The van der Waals surface area contributed by atoms with E-state index < -0.39 is 0 Å². The molecule has 0 unspecified atom stereocenters. The van der Waals surface area contributed by atoms with Crippen LogP contribution in [0.4, 0.5) is 0 Å². The summed E-state index contributed by atoms with van der Waals surface area (Å²) in [6.07, 6.45) is 3.17. The van der Waals surface area contributed by atoms with Gasteiger partial charge in [-0.3, -0.25) is 4.79 Å². The van der Waals surface area contributed by atoms with Gasteiger partial charge in [0.2, 0.25) is 0 Å². The number of fused-ring (bicyclic) bond motifs is 1. The summed E-state index contributed by atoms with van der Waals surface area (Å²) in [7, 11) is 0. The fourth-order valence-electron chi connectivity index (χ4n) is 2.21. The number of aryl methyl sites for hydroxylation is 2. The second-order valence-electron chi connectivity index (χ2n) is 4.21. The van der Waals surface area contributed by atoms with E-state index in [-0.39, 0.29) is 0 Å². The molecule has 0 fully saturated rings. The summed E-state index contributed by atoms with van der Waals surface area (Å²) in [4.78, 5) is 11.1. The van der Waals surface area contributed by atoms with E-state index in [0.717, 1.165) is 34.7 Å². The molecule has 2 aromatic rings. The van der Waals surface area contributed by atoms with E-state index in [1.54, 1.807) is 0 Å². The molecule has 0 atom stereocenters. The smallest absolute Gasteiger partial charge is 0.150 e. The van der Waals surface area contributed by atoms with Crippen LogP contribution in [0.25, 0.3) is 10.8 Å². The molecule has 2 heteroatoms. The Morgan fingerprint density at radius 2 is 1.94 bits per heavy atom. The van der Waals surface area contributed by atoms with E-state index in [0.29, 0.717) is 0 Å². The van der Waals surface area contributed by atoms with Crippen molar-refractivity contribution in [1.82, 2.24) is 0 Å². The number of benzene rings is 2. The third-order valence-electron chi connectivity index (χ3n) is 3.15. The molecular weight excluding hydrogens is 323 g/mol. The van der Waals surface area contributed by atoms with Gasteiger partial charge in [0.25, 0.3) is 0 Å². The highest BCUT2D eigenvalue weighted by molar-refractivity contribution is 14.1. The molecule has 0 aliphatic rings. The van der Waals surface area contributed by atoms with Crippen LogP contribution in [0, 0.1) is 6.92 Å². The quantitative estimate of drug-likeness (QED) is 0.461. The number of alkyl halides is 1. The van der Waals surface area contributed by atoms with Gasteiger partial charge in [-0.25, -0.2) is 0 Å². The third-order valence-corrected chi connectivity index (χ3v) is 3.91. The van der Waals surface area contributed by atoms with Crippen LogP contribution in [-0.4, -0.2) is 10.7 Å². The number of halogens is 1. The lowest BCUT2D eigenvalue weighted by Crippen LogP contribution is -1.95. The normalized spacial score (nSPS) is 10.7. The zero-order chi connectivity index (χ0) is 12.3. The summed E-state index contributed by atoms with van der Waals surface area (Å²) >= 11 is 2.39. The maximum Gasteiger partial charge on any atom is 0.150 e. The zero-order valence-electron chi connectivity index (χ0n) is 9.87. The van der Waals surface area contributed by atoms with Crippen LogP contribution >= 0.6 is 22.6 Å². The van der Waals surface area contributed by atoms with Crippen LogP contribution in [0.15, 0.2) is 30.3 Å². The Morgan fingerprint density at radius 3 is 2.59 bits per heavy atom. The Kier molecular flexibility index (Phi) is 4.15. The lowest BCUT2D eigenvalue weighted by atomic mass is 9.94. The predicted octanol–water partition coefficient (Wildman–Crippen LogP) is 4.33. The van der Waals surface area contributed by atoms with Crippen molar-refractivity contribution in [2.45, 2.75) is 19.8 Å². The Hall–Kier alpha value is -0.900. The molecule has 0 aliphatic carbocycles. The first-order chi connectivity index (χ1) is 8.27. The number of rotatable bonds is 4. The van der Waals surface area contributed by atoms with Crippen LogP contribution in [-0.2, 0) is 6.42 Å². The number of aldehydes is 1. The second-order valence-corrected chi connectivity index (χ2v) is 5.28. The van der Waals surface area contributed by atoms with Crippen LogP contribution in [0.2, 0.25) is 0 Å². The Bertz CT molecular complexity index is 546. The zero-order valence-corrected chi connectivity index (χ0v) is 12.0. The molecule has 0 saturated carbocycles. The van der Waals surface area contributed by atoms with E-state index >= 15 is 0 Å². The molecule has 0 N–H and O–H groups in total. The summed E-state index contributed by atoms with van der Waals surface area (Å²) in [5.41, 5.74) is 3.21. The molecule has 0 bridgehead atoms. The minimum atomic E-state index is 0.826. The predicted molar refractivity (Wildman–Crippen MR) is 81.3 cm³/mol. The van der Waals surface area contributed by atoms with Crippen molar-refractivity contribution in [2.24, 2.45) is 0 Å². The van der Waals surface area contributed by atoms with Crippen LogP contribution in [0.5, 0.6) is 0 Å². The SMILES string of the molecule is Cc1c(C=O)cc(CCCI)c2ccccc12. The highest BCUT2D eigenvalue weighted by Gasteiger charge is 2.07. The minimum Gasteiger partial charge on any atom is -0.298 e. The summed E-state index contributed by atoms with van der Waals surface area (Å²) in [5.74, 6) is 0. The van der Waals surface area contributed by atoms with Crippen molar-refractivity contribution < 1.29 is 4.79 Å². The van der Waals surface area contributed by atoms with Crippen LogP contribution in [0.1, 0.15) is 27.9 Å². The van der Waals surface area contributed by atoms with Crippen molar-refractivity contribution in [2.75, 3.05) is 4.43 Å². The Morgan fingerprint density at radius 1 is 1.24 bits per heavy atom. The molecular formula is C15H15IO. The van der Waals surface area contributed by atoms with Gasteiger partial charge >= 0.3 is 0 Å². The lowest BCUT2D eigenvalue weighted by Gasteiger charge is -2.10. The number of hydrogen-bond acceptors (Lipinski definition) is 1. The minimum absolute atomic E-state index is 0.826. The fourth-order valence-corrected chi connectivity index (χ4v) is 2.59. The van der Waals surface area contributed by atoms with Crippen molar-refractivity contribution in [3.05, 3.63) is 47.0 Å². The molecule has 1 nitrogen and oxygen atoms in total. The number of carbonyl (C=O) groups excluding carboxylic acids is 1. The van der Waals surface area contributed by atoms with Gasteiger partial charge in [-0.15, -0.1) is 0 Å². The molecule has 0 spiro atoms. The highest BCUT2D eigenvalue weighted by atomic mass is 127. The first-order valence-corrected chi connectivity index (χ1v) is 7.33. The van der Waals surface area contributed by atoms with Crippen LogP contribution < -0.4 is 0 Å². The van der Waals surface area contributed by atoms with E-state index in [1.165, 1.54) is 16.3 Å². The molecule has 0 radical (unpaired) electrons. The topological polar surface area (TPSA) is 17.1 Å². The molecule has 0 amide bonds. The number of carbonyl (C=O) groups is 1. The third kappa shape index (κ3) is 2.51. The van der Waals surface area contributed by atoms with Gasteiger partial charge < -0.3 is 0 Å². The fraction of sp³-hybridized carbons (Fsp3) is 0.267. The molecule has 0 saturated heterocycles. The van der Waals surface area contributed by atoms with Gasteiger partial charge in [0.1, 0.15) is 6.29 Å². The molecule has 0 heterocycles. The van der Waals surface area contributed by atoms with E-state index in [2.05, 4.69) is 46.9 Å². The van der Waals surface area contributed by atoms with E-state index in [9.17, 15) is 4.79 Å². The van der Waals surface area contributed by atoms with Crippen molar-refractivity contribution in [3.63, 3.8) is 0 Å². The Labute approximate surface area is 115 Å². The molecule has 2 aromatic carbocycles. The summed E-state index contributed by atoms with van der Waals surface area (Å²) in [6.45, 7) is 2.02. The summed E-state index contributed by atoms with van der Waals surface area (Å²) in [6, 6.07) is 10.4. The molecule has 2 rings (SSSR count). The largest absolute Gasteiger partial charge is 0.298 e. The van der Waals surface area contributed by atoms with Gasteiger partial charge in [0.15, 0.2) is 0 Å². The maximum atomic E-state index is 11.1. The second kappa shape index (κ2) is 5.63. The standard InChI is InChI=1S/C15H15IO/c1-11-13(10-17)9-12(5-4-8-16)15-7-3-2-6-14(11)15/h2-3,6-7,9-10H,4-5,8H2,1H3. The van der Waals surface area contributed by atoms with Crippen molar-refractivity contribution in [3.8, 4) is 0 Å². The first-order valence-electron chi connectivity index (χ1n) is 5.80. The number of hydrogen-bond donors (Lipinski definition) is 0. The maximum absolute atomic E-state index is 11.1. The lowest BCUT2D eigenvalue weighted by molar-refractivity contribution is 0.112. The van der Waals surface area contributed by atoms with Crippen molar-refractivity contribution >= 4 is 39.6 Å². The van der Waals surface area contributed by atoms with Crippen molar-refractivity contribution in [1.29, 1.82) is 0 Å². The van der Waals surface area contributed by atoms with Crippen LogP contribution in [0.3, 0.4) is 0 Å². The van der Waals surface area contributed by atoms with E-state index in [1.807, 2.05) is 13.0 Å². The highest BCUT2D eigenvalue weighted by Crippen LogP contribution is 2.26. The Balaban J connectivity index is 2.64. The van der Waals surface area contributed by atoms with Gasteiger partial charge in [-0.1, -0.05) is 46.9 Å². The van der Waals surface area contributed by atoms with Gasteiger partial charge in [-0.2, -0.15) is 0 Å². The average molecular weight is 338 g/mol. The first kappa shape index (κ1) is 12.6. The molecule has 0 aromatic heterocycles. The van der Waals surface area contributed by atoms with Gasteiger partial charge in [-0.05, 0) is 52.2 Å². The van der Waals surface area contributed by atoms with Gasteiger partial charge in [0.05, 0.1) is 0 Å².